The zero-order valence-electron chi connectivity index (χ0n) is 68.0. The van der Waals surface area contributed by atoms with Gasteiger partial charge in [0.2, 0.25) is 11.8 Å². The van der Waals surface area contributed by atoms with E-state index in [1.165, 1.54) is 4.90 Å². The number of likely N-dealkylation sites (tertiary alicyclic amines) is 1. The molecule has 2 fully saturated rings. The number of nitrogens with zero attached hydrogens (tertiary/aromatic N) is 19. The van der Waals surface area contributed by atoms with Crippen molar-refractivity contribution in [3.05, 3.63) is 236 Å². The highest BCUT2D eigenvalue weighted by Gasteiger charge is 2.33. The molecular formula is C82H85N25O15. The summed E-state index contributed by atoms with van der Waals surface area (Å²) in [6.07, 6.45) is 4.92. The second kappa shape index (κ2) is 35.5. The van der Waals surface area contributed by atoms with Gasteiger partial charge in [-0.2, -0.15) is 25.0 Å². The summed E-state index contributed by atoms with van der Waals surface area (Å²) in [5, 5.41) is 36.7. The van der Waals surface area contributed by atoms with Gasteiger partial charge in [0.25, 0.3) is 22.2 Å². The first kappa shape index (κ1) is 83.8. The largest absolute Gasteiger partial charge is 0.481 e. The molecule has 10 aliphatic rings. The van der Waals surface area contributed by atoms with Crippen LogP contribution < -0.4 is 55.6 Å². The number of carboxylic acid groups (broad SMARTS) is 2. The second-order valence-corrected chi connectivity index (χ2v) is 30.1. The Labute approximate surface area is 689 Å². The number of hydrogen-bond acceptors (Lipinski definition) is 27. The highest BCUT2D eigenvalue weighted by atomic mass is 16.6. The smallest absolute Gasteiger partial charge is 0.349 e. The maximum Gasteiger partial charge on any atom is 0.349 e. The number of piperazine rings is 1. The molecule has 0 atom stereocenters. The van der Waals surface area contributed by atoms with Gasteiger partial charge >= 0.3 is 34.7 Å². The SMILES string of the molecule is Cc1cc2nc3c(=O)[nH]c(=O)nc-3n(CCN3CC(=O)N(CC(=O)O)CC3=O)c2cc1C.Cc1cc2nc3c(=O)[nH]c(=O)nc-3n(CCN3CCC(C(=O)O)CC3)c2cc1C.Cc1cc2nc3c(=O)[nH]c(=O)nc-3n(CCNCc3ccccc3-n3cccn3)c2cc1C.Cc1cc2nc3c(=O)[nH]c(=O)nc-3n(CCNCc3nonc3C)c2cc1C. The Balaban J connectivity index is 0.000000133. The van der Waals surface area contributed by atoms with Crippen molar-refractivity contribution in [1.29, 1.82) is 0 Å². The molecular weight excluding hydrogens is 1580 g/mol. The molecule has 0 aliphatic carbocycles. The fourth-order valence-electron chi connectivity index (χ4n) is 14.7. The van der Waals surface area contributed by atoms with E-state index >= 15 is 0 Å². The number of aromatic nitrogens is 20. The number of carboxylic acids is 2. The van der Waals surface area contributed by atoms with E-state index in [2.05, 4.69) is 96.8 Å². The molecule has 40 heteroatoms. The van der Waals surface area contributed by atoms with Crippen molar-refractivity contribution in [2.45, 2.75) is 114 Å². The molecule has 0 bridgehead atoms. The number of amides is 2. The number of carbonyl (C=O) groups is 4. The minimum absolute atomic E-state index is 0.00552. The van der Waals surface area contributed by atoms with Crippen LogP contribution in [0.5, 0.6) is 0 Å². The van der Waals surface area contributed by atoms with Crippen molar-refractivity contribution in [3.8, 4) is 51.8 Å². The van der Waals surface area contributed by atoms with Crippen LogP contribution in [0.2, 0.25) is 0 Å². The Morgan fingerprint density at radius 2 is 0.836 bits per heavy atom. The van der Waals surface area contributed by atoms with Gasteiger partial charge in [-0.25, -0.2) is 48.4 Å². The van der Waals surface area contributed by atoms with Gasteiger partial charge in [0, 0.05) is 77.8 Å². The van der Waals surface area contributed by atoms with E-state index in [0.717, 1.165) is 88.6 Å². The predicted octanol–water partition coefficient (Wildman–Crippen LogP) is 2.81. The Morgan fingerprint density at radius 3 is 1.23 bits per heavy atom. The van der Waals surface area contributed by atoms with Gasteiger partial charge in [-0.1, -0.05) is 28.5 Å². The molecule has 12 heterocycles. The first-order valence-corrected chi connectivity index (χ1v) is 39.1. The average Bonchev–Trinajstić information content (AvgIpc) is 0.799. The standard InChI is InChI=1S/C24H23N7O2.C20H20N6O6.C20H23N5O4.C18H19N7O3/c1-15-12-18-20(13-16(15)2)30(22-21(27-18)23(32)29-24(33)28-22)11-9-25-14-17-6-3-4-7-19(17)31-10-5-8-26-31;1-10-5-12-13(6-11(10)2)26(18-17(21-12)19(31)23-20(32)22-18)4-3-24-7-15(28)25(8-14(24)27)9-16(29)30;1-11-9-14-15(10-12(11)2)25(17-16(21-14)18(26)23-20(29)22-17)8-7-24-5-3-13(4-6-24)19(27)28;1-9-6-12-14(7-10(9)2)25(5-4-19-8-13-11(3)23-28-24-13)16-15(20-12)17(26)22-18(27)21-16/h3-8,10,12-13,25H,9,11,14H2,1-2H3,(H,29,32,33);5-6H,3-4,7-9H2,1-2H3,(H,29,30)(H,23,31,32);9-10,13H,3-8H2,1-2H3,(H,27,28)(H,23,26,29);6-7,19H,4-5,8H2,1-3H3,(H,22,26,27). The molecule has 0 radical (unpaired) electrons. The Bertz CT molecular complexity index is 6970. The van der Waals surface area contributed by atoms with E-state index in [4.69, 9.17) is 14.8 Å². The molecule has 2 amide bonds. The van der Waals surface area contributed by atoms with Crippen LogP contribution >= 0.6 is 0 Å². The zero-order valence-corrected chi connectivity index (χ0v) is 68.0. The van der Waals surface area contributed by atoms with Gasteiger partial charge in [0.15, 0.2) is 46.1 Å². The lowest BCUT2D eigenvalue weighted by atomic mass is 9.97. The number of carbonyl (C=O) groups excluding carboxylic acids is 2. The van der Waals surface area contributed by atoms with Crippen LogP contribution in [-0.2, 0) is 58.4 Å². The molecule has 0 spiro atoms. The van der Waals surface area contributed by atoms with E-state index in [-0.39, 0.29) is 72.3 Å². The number of hydrogen-bond donors (Lipinski definition) is 8. The lowest BCUT2D eigenvalue weighted by molar-refractivity contribution is -0.154. The third-order valence-electron chi connectivity index (χ3n) is 21.9. The van der Waals surface area contributed by atoms with Crippen LogP contribution in [0, 0.1) is 68.2 Å². The molecule has 7 aromatic rings. The monoisotopic (exact) mass is 1660 g/mol. The minimum atomic E-state index is -1.19. The molecule has 0 unspecified atom stereocenters. The number of rotatable bonds is 20. The number of fused-ring (bicyclic) bond motifs is 8. The molecule has 5 aromatic carbocycles. The molecule has 2 aromatic heterocycles. The van der Waals surface area contributed by atoms with E-state index in [9.17, 15) is 57.5 Å². The fraction of sp³-hybridized carbons (Fsp3) is 0.329. The molecule has 10 aliphatic heterocycles. The van der Waals surface area contributed by atoms with Crippen molar-refractivity contribution >= 4 is 67.9 Å². The van der Waals surface area contributed by atoms with Gasteiger partial charge < -0.3 is 53.8 Å². The van der Waals surface area contributed by atoms with Crippen molar-refractivity contribution < 1.29 is 34.0 Å². The maximum absolute atomic E-state index is 12.5. The second-order valence-electron chi connectivity index (χ2n) is 30.1. The number of H-pyrrole nitrogens is 4. The third-order valence-corrected chi connectivity index (χ3v) is 21.9. The Hall–Kier alpha value is -14.7. The normalized spacial score (nSPS) is 13.4. The Morgan fingerprint density at radius 1 is 0.451 bits per heavy atom. The van der Waals surface area contributed by atoms with E-state index < -0.39 is 75.3 Å². The molecule has 628 valence electrons. The summed E-state index contributed by atoms with van der Waals surface area (Å²) in [6, 6.07) is 25.5. The predicted molar refractivity (Wildman–Crippen MR) is 446 cm³/mol. The topological polar surface area (TPSA) is 522 Å². The van der Waals surface area contributed by atoms with Crippen LogP contribution in [0.3, 0.4) is 0 Å². The lowest BCUT2D eigenvalue weighted by Gasteiger charge is -2.33. The minimum Gasteiger partial charge on any atom is -0.481 e. The Kier molecular flexibility index (Phi) is 24.4. The highest BCUT2D eigenvalue weighted by Crippen LogP contribution is 2.30. The van der Waals surface area contributed by atoms with Gasteiger partial charge in [-0.05, 0) is 199 Å². The lowest BCUT2D eigenvalue weighted by Crippen LogP contribution is -2.55. The maximum atomic E-state index is 12.5. The van der Waals surface area contributed by atoms with Crippen LogP contribution in [0.4, 0.5) is 0 Å². The van der Waals surface area contributed by atoms with Crippen LogP contribution in [-0.4, -0.2) is 206 Å². The van der Waals surface area contributed by atoms with Crippen LogP contribution in [0.1, 0.15) is 74.3 Å². The van der Waals surface area contributed by atoms with Gasteiger partial charge in [0.1, 0.15) is 24.5 Å². The summed E-state index contributed by atoms with van der Waals surface area (Å²) in [5.74, 6) is -2.16. The van der Waals surface area contributed by atoms with E-state index in [1.807, 2.05) is 160 Å². The van der Waals surface area contributed by atoms with Gasteiger partial charge in [0.05, 0.1) is 62.3 Å². The molecule has 2 saturated heterocycles. The fourth-order valence-corrected chi connectivity index (χ4v) is 14.7. The molecule has 0 saturated carbocycles. The van der Waals surface area contributed by atoms with E-state index in [1.54, 1.807) is 10.8 Å². The zero-order chi connectivity index (χ0) is 86.6. The third kappa shape index (κ3) is 18.2. The summed E-state index contributed by atoms with van der Waals surface area (Å²) >= 11 is 0. The quantitative estimate of drug-likeness (QED) is 0.0402. The summed E-state index contributed by atoms with van der Waals surface area (Å²) < 4.78 is 13.8. The van der Waals surface area contributed by atoms with Crippen LogP contribution in [0.15, 0.2) is 134 Å². The van der Waals surface area contributed by atoms with Crippen molar-refractivity contribution in [2.75, 3.05) is 58.9 Å². The highest BCUT2D eigenvalue weighted by molar-refractivity contribution is 5.94. The summed E-state index contributed by atoms with van der Waals surface area (Å²) in [6.45, 7) is 22.7. The molecule has 8 N–H and O–H groups in total. The van der Waals surface area contributed by atoms with Crippen molar-refractivity contribution in [2.24, 2.45) is 5.92 Å². The first-order valence-electron chi connectivity index (χ1n) is 39.1. The number of aliphatic carboxylic acids is 2. The van der Waals surface area contributed by atoms with Crippen LogP contribution in [0.25, 0.3) is 95.9 Å². The molecule has 17 rings (SSSR count). The number of aryl methyl sites for hydroxylation is 9. The summed E-state index contributed by atoms with van der Waals surface area (Å²) in [5.41, 5.74) is 13.0. The number of para-hydroxylation sites is 1. The van der Waals surface area contributed by atoms with Gasteiger partial charge in [-0.15, -0.1) is 0 Å². The van der Waals surface area contributed by atoms with E-state index in [0.29, 0.717) is 112 Å². The van der Waals surface area contributed by atoms with Crippen molar-refractivity contribution in [3.63, 3.8) is 0 Å². The number of nitrogens with one attached hydrogen (secondary N) is 6. The number of aromatic amines is 4. The number of benzene rings is 5. The van der Waals surface area contributed by atoms with Crippen molar-refractivity contribution in [1.82, 2.24) is 124 Å². The summed E-state index contributed by atoms with van der Waals surface area (Å²) in [7, 11) is 0. The molecule has 40 nitrogen and oxygen atoms in total. The molecule has 122 heavy (non-hydrogen) atoms. The average molecular weight is 1660 g/mol. The van der Waals surface area contributed by atoms with Gasteiger partial charge in [-0.3, -0.25) is 58.3 Å². The number of piperidine rings is 1. The first-order chi connectivity index (χ1) is 58.4. The summed E-state index contributed by atoms with van der Waals surface area (Å²) in [4.78, 5) is 191.